The van der Waals surface area contributed by atoms with E-state index in [0.29, 0.717) is 6.42 Å². The number of carbonyl (C=O) groups excluding carboxylic acids is 2. The molecule has 2 saturated heterocycles. The van der Waals surface area contributed by atoms with E-state index in [1.54, 1.807) is 6.92 Å². The Labute approximate surface area is 215 Å². The smallest absolute Gasteiger partial charge is 0.315 e. The van der Waals surface area contributed by atoms with Gasteiger partial charge in [0.05, 0.1) is 18.1 Å². The van der Waals surface area contributed by atoms with Crippen LogP contribution in [0.4, 0.5) is 0 Å². The molecule has 36 heavy (non-hydrogen) atoms. The molecule has 0 spiro atoms. The molecule has 2 heterocycles. The number of aliphatic hydroxyl groups excluding tert-OH is 4. The van der Waals surface area contributed by atoms with E-state index in [1.807, 2.05) is 6.92 Å². The number of esters is 2. The van der Waals surface area contributed by atoms with Gasteiger partial charge in [-0.3, -0.25) is 9.59 Å². The number of hydrogen-bond donors (Lipinski definition) is 4. The molecule has 0 unspecified atom stereocenters. The molecular weight excluding hydrogens is 468 g/mol. The highest BCUT2D eigenvalue weighted by Crippen LogP contribution is 2.34. The third-order valence-corrected chi connectivity index (χ3v) is 7.50. The Kier molecular flexibility index (Phi) is 13.6. The zero-order chi connectivity index (χ0) is 26.7. The molecule has 9 nitrogen and oxygen atoms in total. The fourth-order valence-corrected chi connectivity index (χ4v) is 5.07. The summed E-state index contributed by atoms with van der Waals surface area (Å²) >= 11 is 0. The second kappa shape index (κ2) is 15.9. The number of carbonyl (C=O) groups is 2. The standard InChI is InChI=1S/C27H48O9/c1-17(28)15-13-11-9-7-5-4-6-8-10-12-14-16-20-21(18(2)25(32)35-20)26(33)36-27-24(31)23(30)22(29)19(3)34-27/h17-24,27-31H,4-16H2,1-3H3/t17-,18-,19+,20+,21+,22+,23-,24-,27+/m1/s1. The fourth-order valence-electron chi connectivity index (χ4n) is 5.07. The van der Waals surface area contributed by atoms with Gasteiger partial charge < -0.3 is 34.6 Å². The van der Waals surface area contributed by atoms with Crippen LogP contribution in [0.2, 0.25) is 0 Å². The number of rotatable bonds is 16. The minimum atomic E-state index is -1.58. The van der Waals surface area contributed by atoms with Gasteiger partial charge in [0.2, 0.25) is 6.29 Å². The van der Waals surface area contributed by atoms with Gasteiger partial charge in [0.25, 0.3) is 0 Å². The van der Waals surface area contributed by atoms with Crippen LogP contribution in [0.3, 0.4) is 0 Å². The minimum Gasteiger partial charge on any atom is -0.461 e. The summed E-state index contributed by atoms with van der Waals surface area (Å²) in [6, 6.07) is 0. The lowest BCUT2D eigenvalue weighted by Crippen LogP contribution is -2.58. The maximum absolute atomic E-state index is 12.9. The first-order chi connectivity index (χ1) is 17.1. The Hall–Kier alpha value is -1.26. The van der Waals surface area contributed by atoms with Crippen LogP contribution in [0.5, 0.6) is 0 Å². The van der Waals surface area contributed by atoms with Crippen molar-refractivity contribution in [3.8, 4) is 0 Å². The number of ether oxygens (including phenoxy) is 3. The minimum absolute atomic E-state index is 0.186. The van der Waals surface area contributed by atoms with Crippen molar-refractivity contribution < 1.29 is 44.2 Å². The number of hydrogen-bond acceptors (Lipinski definition) is 9. The van der Waals surface area contributed by atoms with Crippen LogP contribution in [0, 0.1) is 11.8 Å². The molecule has 0 aliphatic carbocycles. The molecular formula is C27H48O9. The van der Waals surface area contributed by atoms with E-state index >= 15 is 0 Å². The Morgan fingerprint density at radius 2 is 1.39 bits per heavy atom. The highest BCUT2D eigenvalue weighted by Gasteiger charge is 2.50. The van der Waals surface area contributed by atoms with Crippen molar-refractivity contribution in [3.05, 3.63) is 0 Å². The van der Waals surface area contributed by atoms with E-state index in [1.165, 1.54) is 45.4 Å². The molecule has 9 heteroatoms. The van der Waals surface area contributed by atoms with E-state index < -0.39 is 60.6 Å². The van der Waals surface area contributed by atoms with Crippen LogP contribution >= 0.6 is 0 Å². The third kappa shape index (κ3) is 9.56. The van der Waals surface area contributed by atoms with E-state index in [2.05, 4.69) is 0 Å². The molecule has 0 saturated carbocycles. The van der Waals surface area contributed by atoms with Crippen molar-refractivity contribution in [1.29, 1.82) is 0 Å². The topological polar surface area (TPSA) is 143 Å². The summed E-state index contributed by atoms with van der Waals surface area (Å²) in [7, 11) is 0. The van der Waals surface area contributed by atoms with E-state index in [-0.39, 0.29) is 6.10 Å². The van der Waals surface area contributed by atoms with Crippen LogP contribution < -0.4 is 0 Å². The Balaban J connectivity index is 1.63. The molecule has 4 N–H and O–H groups in total. The average Bonchev–Trinajstić information content (AvgIpc) is 3.11. The average molecular weight is 517 g/mol. The largest absolute Gasteiger partial charge is 0.461 e. The second-order valence-corrected chi connectivity index (χ2v) is 10.7. The van der Waals surface area contributed by atoms with Gasteiger partial charge in [-0.25, -0.2) is 0 Å². The molecule has 0 radical (unpaired) electrons. The first-order valence-electron chi connectivity index (χ1n) is 13.9. The predicted molar refractivity (Wildman–Crippen MR) is 133 cm³/mol. The summed E-state index contributed by atoms with van der Waals surface area (Å²) in [5.74, 6) is -2.61. The summed E-state index contributed by atoms with van der Waals surface area (Å²) in [5.41, 5.74) is 0. The van der Waals surface area contributed by atoms with Crippen molar-refractivity contribution in [2.75, 3.05) is 0 Å². The van der Waals surface area contributed by atoms with Crippen molar-refractivity contribution in [2.24, 2.45) is 11.8 Å². The van der Waals surface area contributed by atoms with Crippen molar-refractivity contribution >= 4 is 11.9 Å². The molecule has 0 aromatic heterocycles. The summed E-state index contributed by atoms with van der Waals surface area (Å²) in [6.45, 7) is 4.98. The number of aliphatic hydroxyl groups is 4. The highest BCUT2D eigenvalue weighted by molar-refractivity contribution is 5.85. The Morgan fingerprint density at radius 1 is 0.861 bits per heavy atom. The van der Waals surface area contributed by atoms with E-state index in [4.69, 9.17) is 14.2 Å². The molecule has 0 amide bonds. The lowest BCUT2D eigenvalue weighted by atomic mass is 9.89. The van der Waals surface area contributed by atoms with Crippen LogP contribution in [-0.4, -0.2) is 75.3 Å². The molecule has 2 aliphatic heterocycles. The second-order valence-electron chi connectivity index (χ2n) is 10.7. The molecule has 2 aliphatic rings. The van der Waals surface area contributed by atoms with Gasteiger partial charge in [-0.15, -0.1) is 0 Å². The maximum atomic E-state index is 12.9. The van der Waals surface area contributed by atoms with E-state index in [9.17, 15) is 30.0 Å². The normalized spacial score (nSPS) is 33.4. The predicted octanol–water partition coefficient (Wildman–Crippen LogP) is 2.99. The van der Waals surface area contributed by atoms with Gasteiger partial charge in [-0.2, -0.15) is 0 Å². The molecule has 2 rings (SSSR count). The van der Waals surface area contributed by atoms with Gasteiger partial charge in [0.15, 0.2) is 0 Å². The Bertz CT molecular complexity index is 655. The summed E-state index contributed by atoms with van der Waals surface area (Å²) < 4.78 is 16.1. The molecule has 0 aromatic carbocycles. The molecule has 9 atom stereocenters. The van der Waals surface area contributed by atoms with Crippen LogP contribution in [0.25, 0.3) is 0 Å². The monoisotopic (exact) mass is 516 g/mol. The van der Waals surface area contributed by atoms with Gasteiger partial charge in [-0.05, 0) is 33.1 Å². The summed E-state index contributed by atoms with van der Waals surface area (Å²) in [5, 5.41) is 39.1. The van der Waals surface area contributed by atoms with Crippen molar-refractivity contribution in [2.45, 2.75) is 147 Å². The lowest BCUT2D eigenvalue weighted by Gasteiger charge is -2.38. The van der Waals surface area contributed by atoms with Gasteiger partial charge in [0.1, 0.15) is 30.3 Å². The first-order valence-corrected chi connectivity index (χ1v) is 13.9. The quantitative estimate of drug-likeness (QED) is 0.180. The van der Waals surface area contributed by atoms with Crippen molar-refractivity contribution in [3.63, 3.8) is 0 Å². The molecule has 2 fully saturated rings. The van der Waals surface area contributed by atoms with Crippen LogP contribution in [-0.2, 0) is 23.8 Å². The van der Waals surface area contributed by atoms with Crippen LogP contribution in [0.15, 0.2) is 0 Å². The van der Waals surface area contributed by atoms with E-state index in [0.717, 1.165) is 38.5 Å². The third-order valence-electron chi connectivity index (χ3n) is 7.50. The van der Waals surface area contributed by atoms with Crippen LogP contribution in [0.1, 0.15) is 104 Å². The molecule has 210 valence electrons. The Morgan fingerprint density at radius 3 is 1.94 bits per heavy atom. The SMILES string of the molecule is C[C@@H]1O[C@@H](OC(=O)[C@@H]2[C@H](CCCCCCCCCCCCC[C@@H](C)O)OC(=O)[C@@H]2C)[C@H](O)[C@H](O)[C@H]1O. The zero-order valence-corrected chi connectivity index (χ0v) is 22.2. The summed E-state index contributed by atoms with van der Waals surface area (Å²) in [6.07, 6.45) is 6.67. The molecule has 0 aromatic rings. The highest BCUT2D eigenvalue weighted by atomic mass is 16.7. The maximum Gasteiger partial charge on any atom is 0.315 e. The zero-order valence-electron chi connectivity index (χ0n) is 22.2. The molecule has 0 bridgehead atoms. The van der Waals surface area contributed by atoms with Gasteiger partial charge >= 0.3 is 11.9 Å². The van der Waals surface area contributed by atoms with Crippen molar-refractivity contribution in [1.82, 2.24) is 0 Å². The number of unbranched alkanes of at least 4 members (excludes halogenated alkanes) is 10. The van der Waals surface area contributed by atoms with Gasteiger partial charge in [0, 0.05) is 0 Å². The fraction of sp³-hybridized carbons (Fsp3) is 0.926. The lowest BCUT2D eigenvalue weighted by molar-refractivity contribution is -0.286. The summed E-state index contributed by atoms with van der Waals surface area (Å²) in [4.78, 5) is 25.0. The number of cyclic esters (lactones) is 1. The first kappa shape index (κ1) is 31.0. The van der Waals surface area contributed by atoms with Gasteiger partial charge in [-0.1, -0.05) is 71.1 Å².